The molecule has 8 nitrogen and oxygen atoms in total. The van der Waals surface area contributed by atoms with E-state index in [1.54, 1.807) is 0 Å². The van der Waals surface area contributed by atoms with Crippen LogP contribution in [0.3, 0.4) is 0 Å². The summed E-state index contributed by atoms with van der Waals surface area (Å²) in [6.45, 7) is 3.72. The van der Waals surface area contributed by atoms with Crippen molar-refractivity contribution in [2.24, 2.45) is 0 Å². The summed E-state index contributed by atoms with van der Waals surface area (Å²) in [5.74, 6) is 0.477. The number of aromatic amines is 2. The molecule has 0 aromatic carbocycles. The minimum absolute atomic E-state index is 0.0375. The Morgan fingerprint density at radius 2 is 2.08 bits per heavy atom. The van der Waals surface area contributed by atoms with Crippen molar-refractivity contribution in [1.29, 1.82) is 0 Å². The first-order valence-corrected chi connectivity index (χ1v) is 8.12. The molecular formula is C16H21N5O3. The number of hydrogen-bond acceptors (Lipinski definition) is 4. The summed E-state index contributed by atoms with van der Waals surface area (Å²) in [6.07, 6.45) is 5.39. The monoisotopic (exact) mass is 331 g/mol. The molecule has 128 valence electrons. The molecule has 1 fully saturated rings. The molecule has 24 heavy (non-hydrogen) atoms. The van der Waals surface area contributed by atoms with Crippen molar-refractivity contribution in [3.8, 4) is 0 Å². The second kappa shape index (κ2) is 6.86. The third kappa shape index (κ3) is 3.47. The van der Waals surface area contributed by atoms with Gasteiger partial charge in [-0.1, -0.05) is 0 Å². The zero-order valence-electron chi connectivity index (χ0n) is 13.6. The Morgan fingerprint density at radius 1 is 1.33 bits per heavy atom. The van der Waals surface area contributed by atoms with E-state index in [0.717, 1.165) is 18.5 Å². The van der Waals surface area contributed by atoms with E-state index >= 15 is 0 Å². The highest BCUT2D eigenvalue weighted by Gasteiger charge is 2.25. The van der Waals surface area contributed by atoms with Crippen LogP contribution in [0.15, 0.2) is 28.0 Å². The fraction of sp³-hybridized carbons (Fsp3) is 0.500. The Morgan fingerprint density at radius 3 is 2.71 bits per heavy atom. The third-order valence-corrected chi connectivity index (χ3v) is 4.62. The Bertz CT molecular complexity index is 826. The molecule has 0 spiro atoms. The van der Waals surface area contributed by atoms with E-state index < -0.39 is 11.2 Å². The number of aromatic nitrogens is 4. The van der Waals surface area contributed by atoms with Gasteiger partial charge in [-0.15, -0.1) is 0 Å². The first-order chi connectivity index (χ1) is 11.5. The average Bonchev–Trinajstić information content (AvgIpc) is 3.00. The smallest absolute Gasteiger partial charge is 0.328 e. The van der Waals surface area contributed by atoms with Crippen molar-refractivity contribution in [3.63, 3.8) is 0 Å². The first-order valence-electron chi connectivity index (χ1n) is 8.12. The van der Waals surface area contributed by atoms with Gasteiger partial charge in [-0.2, -0.15) is 5.10 Å². The van der Waals surface area contributed by atoms with Crippen LogP contribution in [-0.4, -0.2) is 43.6 Å². The fourth-order valence-corrected chi connectivity index (χ4v) is 3.21. The maximum absolute atomic E-state index is 12.3. The number of amides is 1. The zero-order chi connectivity index (χ0) is 17.1. The highest BCUT2D eigenvalue weighted by molar-refractivity contribution is 5.76. The molecule has 0 unspecified atom stereocenters. The van der Waals surface area contributed by atoms with Crippen LogP contribution in [0.1, 0.15) is 36.4 Å². The van der Waals surface area contributed by atoms with Gasteiger partial charge < -0.3 is 9.47 Å². The number of carbonyl (C=O) groups excluding carboxylic acids is 1. The maximum Gasteiger partial charge on any atom is 0.328 e. The number of rotatable bonds is 4. The van der Waals surface area contributed by atoms with Gasteiger partial charge in [0.2, 0.25) is 5.91 Å². The van der Waals surface area contributed by atoms with Crippen LogP contribution >= 0.6 is 0 Å². The van der Waals surface area contributed by atoms with Gasteiger partial charge in [0.05, 0.1) is 6.20 Å². The summed E-state index contributed by atoms with van der Waals surface area (Å²) in [4.78, 5) is 39.0. The standard InChI is InChI=1S/C16H21N5O3/c1-11-13(10-17-19-11)12-2-6-20(7-3-12)15(23)5-9-21-8-4-14(22)18-16(21)24/h4,8,10,12H,2-3,5-7,9H2,1H3,(H,17,19)(H,18,22,24). The predicted molar refractivity (Wildman–Crippen MR) is 87.8 cm³/mol. The number of H-pyrrole nitrogens is 2. The molecule has 0 radical (unpaired) electrons. The predicted octanol–water partition coefficient (Wildman–Crippen LogP) is 0.364. The highest BCUT2D eigenvalue weighted by atomic mass is 16.2. The van der Waals surface area contributed by atoms with Gasteiger partial charge in [0, 0.05) is 44.0 Å². The van der Waals surface area contributed by atoms with Crippen LogP contribution in [-0.2, 0) is 11.3 Å². The van der Waals surface area contributed by atoms with Crippen LogP contribution in [0.2, 0.25) is 0 Å². The Balaban J connectivity index is 1.53. The lowest BCUT2D eigenvalue weighted by Crippen LogP contribution is -2.39. The summed E-state index contributed by atoms with van der Waals surface area (Å²) in [7, 11) is 0. The molecule has 0 atom stereocenters. The molecule has 1 aliphatic heterocycles. The van der Waals surface area contributed by atoms with Crippen LogP contribution in [0.25, 0.3) is 0 Å². The van der Waals surface area contributed by atoms with Crippen molar-refractivity contribution >= 4 is 5.91 Å². The Hall–Kier alpha value is -2.64. The molecular weight excluding hydrogens is 310 g/mol. The van der Waals surface area contributed by atoms with E-state index in [1.807, 2.05) is 18.0 Å². The van der Waals surface area contributed by atoms with Gasteiger partial charge in [-0.3, -0.25) is 19.7 Å². The molecule has 1 saturated heterocycles. The number of nitrogens with zero attached hydrogens (tertiary/aromatic N) is 3. The molecule has 2 N–H and O–H groups in total. The second-order valence-electron chi connectivity index (χ2n) is 6.16. The number of hydrogen-bond donors (Lipinski definition) is 2. The van der Waals surface area contributed by atoms with Gasteiger partial charge in [0.25, 0.3) is 5.56 Å². The zero-order valence-corrected chi connectivity index (χ0v) is 13.6. The minimum atomic E-state index is -0.482. The highest BCUT2D eigenvalue weighted by Crippen LogP contribution is 2.29. The summed E-state index contributed by atoms with van der Waals surface area (Å²) in [5.41, 5.74) is 1.42. The van der Waals surface area contributed by atoms with Crippen LogP contribution in [0.5, 0.6) is 0 Å². The minimum Gasteiger partial charge on any atom is -0.343 e. The van der Waals surface area contributed by atoms with Crippen LogP contribution < -0.4 is 11.2 Å². The first kappa shape index (κ1) is 16.2. The van der Waals surface area contributed by atoms with Gasteiger partial charge in [0.15, 0.2) is 0 Å². The van der Waals surface area contributed by atoms with Gasteiger partial charge in [0.1, 0.15) is 0 Å². The van der Waals surface area contributed by atoms with Gasteiger partial charge >= 0.3 is 5.69 Å². The summed E-state index contributed by atoms with van der Waals surface area (Å²) in [6, 6.07) is 1.28. The number of aryl methyl sites for hydroxylation is 2. The van der Waals surface area contributed by atoms with E-state index in [9.17, 15) is 14.4 Å². The van der Waals surface area contributed by atoms with Crippen LogP contribution in [0, 0.1) is 6.92 Å². The van der Waals surface area contributed by atoms with E-state index in [0.29, 0.717) is 19.0 Å². The van der Waals surface area contributed by atoms with E-state index in [-0.39, 0.29) is 18.9 Å². The number of nitrogens with one attached hydrogen (secondary N) is 2. The van der Waals surface area contributed by atoms with E-state index in [1.165, 1.54) is 22.4 Å². The van der Waals surface area contributed by atoms with Crippen molar-refractivity contribution < 1.29 is 4.79 Å². The van der Waals surface area contributed by atoms with Gasteiger partial charge in [-0.05, 0) is 31.2 Å². The average molecular weight is 331 g/mol. The summed E-state index contributed by atoms with van der Waals surface area (Å²) < 4.78 is 1.35. The molecule has 2 aromatic heterocycles. The van der Waals surface area contributed by atoms with Crippen molar-refractivity contribution in [1.82, 2.24) is 24.6 Å². The molecule has 8 heteroatoms. The summed E-state index contributed by atoms with van der Waals surface area (Å²) in [5, 5.41) is 7.02. The molecule has 0 bridgehead atoms. The lowest BCUT2D eigenvalue weighted by molar-refractivity contribution is -0.132. The largest absolute Gasteiger partial charge is 0.343 e. The lowest BCUT2D eigenvalue weighted by Gasteiger charge is -2.32. The number of carbonyl (C=O) groups is 1. The lowest BCUT2D eigenvalue weighted by atomic mass is 9.90. The molecule has 3 heterocycles. The molecule has 2 aromatic rings. The maximum atomic E-state index is 12.3. The molecule has 0 saturated carbocycles. The second-order valence-corrected chi connectivity index (χ2v) is 6.16. The fourth-order valence-electron chi connectivity index (χ4n) is 3.21. The summed E-state index contributed by atoms with van der Waals surface area (Å²) >= 11 is 0. The number of likely N-dealkylation sites (tertiary alicyclic amines) is 1. The third-order valence-electron chi connectivity index (χ3n) is 4.62. The SMILES string of the molecule is Cc1[nH]ncc1C1CCN(C(=O)CCn2ccc(=O)[nH]c2=O)CC1. The molecule has 1 amide bonds. The van der Waals surface area contributed by atoms with E-state index in [4.69, 9.17) is 0 Å². The van der Waals surface area contributed by atoms with E-state index in [2.05, 4.69) is 15.2 Å². The quantitative estimate of drug-likeness (QED) is 0.844. The van der Waals surface area contributed by atoms with Crippen molar-refractivity contribution in [3.05, 3.63) is 50.6 Å². The molecule has 3 rings (SSSR count). The Kier molecular flexibility index (Phi) is 4.64. The van der Waals surface area contributed by atoms with Crippen molar-refractivity contribution in [2.75, 3.05) is 13.1 Å². The topological polar surface area (TPSA) is 104 Å². The van der Waals surface area contributed by atoms with Crippen molar-refractivity contribution in [2.45, 2.75) is 38.6 Å². The van der Waals surface area contributed by atoms with Crippen LogP contribution in [0.4, 0.5) is 0 Å². The van der Waals surface area contributed by atoms with Gasteiger partial charge in [-0.25, -0.2) is 4.79 Å². The molecule has 0 aliphatic carbocycles. The normalized spacial score (nSPS) is 15.6. The number of piperidine rings is 1. The Labute approximate surface area is 138 Å². The molecule has 1 aliphatic rings.